The van der Waals surface area contributed by atoms with Crippen LogP contribution in [0.25, 0.3) is 6.08 Å². The minimum atomic E-state index is -0.151. The zero-order valence-electron chi connectivity index (χ0n) is 15.7. The van der Waals surface area contributed by atoms with Gasteiger partial charge in [0.15, 0.2) is 0 Å². The van der Waals surface area contributed by atoms with Gasteiger partial charge >= 0.3 is 0 Å². The quantitative estimate of drug-likeness (QED) is 0.825. The highest BCUT2D eigenvalue weighted by Gasteiger charge is 2.22. The average molecular weight is 387 g/mol. The highest BCUT2D eigenvalue weighted by atomic mass is 35.5. The molecule has 0 saturated carbocycles. The maximum absolute atomic E-state index is 12.7. The average Bonchev–Trinajstić information content (AvgIpc) is 2.67. The Bertz CT molecular complexity index is 864. The van der Waals surface area contributed by atoms with Crippen LogP contribution in [0.1, 0.15) is 17.2 Å². The van der Waals surface area contributed by atoms with Crippen LogP contribution in [0.3, 0.4) is 0 Å². The number of hydrogen-bond acceptors (Lipinski definition) is 4. The number of carbonyl (C=O) groups is 1. The SMILES string of the molecule is COc1ccccc1C(CNC(=O)C1=Cc2cc(Cl)ccc2OC1)N(C)C. The van der Waals surface area contributed by atoms with Gasteiger partial charge in [-0.25, -0.2) is 0 Å². The summed E-state index contributed by atoms with van der Waals surface area (Å²) in [6.45, 7) is 0.688. The van der Waals surface area contributed by atoms with Gasteiger partial charge in [0.2, 0.25) is 0 Å². The number of fused-ring (bicyclic) bond motifs is 1. The van der Waals surface area contributed by atoms with Crippen molar-refractivity contribution in [1.29, 1.82) is 0 Å². The van der Waals surface area contributed by atoms with E-state index in [1.807, 2.05) is 50.5 Å². The minimum absolute atomic E-state index is 0.0167. The molecule has 3 rings (SSSR count). The molecular formula is C21H23ClN2O3. The summed E-state index contributed by atoms with van der Waals surface area (Å²) >= 11 is 6.04. The van der Waals surface area contributed by atoms with E-state index in [0.717, 1.165) is 22.6 Å². The zero-order chi connectivity index (χ0) is 19.4. The van der Waals surface area contributed by atoms with Crippen LogP contribution < -0.4 is 14.8 Å². The van der Waals surface area contributed by atoms with E-state index in [9.17, 15) is 4.79 Å². The molecule has 6 heteroatoms. The number of nitrogens with one attached hydrogen (secondary N) is 1. The van der Waals surface area contributed by atoms with Crippen LogP contribution in [0, 0.1) is 0 Å². The lowest BCUT2D eigenvalue weighted by Gasteiger charge is -2.27. The van der Waals surface area contributed by atoms with Crippen LogP contribution in [-0.2, 0) is 4.79 Å². The molecule has 1 N–H and O–H groups in total. The van der Waals surface area contributed by atoms with Crippen molar-refractivity contribution in [2.75, 3.05) is 34.4 Å². The normalized spacial score (nSPS) is 14.0. The highest BCUT2D eigenvalue weighted by molar-refractivity contribution is 6.30. The van der Waals surface area contributed by atoms with Crippen LogP contribution in [0.5, 0.6) is 11.5 Å². The summed E-state index contributed by atoms with van der Waals surface area (Å²) in [6, 6.07) is 13.2. The van der Waals surface area contributed by atoms with Gasteiger partial charge in [0.1, 0.15) is 18.1 Å². The molecular weight excluding hydrogens is 364 g/mol. The number of rotatable bonds is 6. The first kappa shape index (κ1) is 19.3. The van der Waals surface area contributed by atoms with E-state index in [4.69, 9.17) is 21.1 Å². The second kappa shape index (κ2) is 8.46. The van der Waals surface area contributed by atoms with Crippen molar-refractivity contribution in [3.8, 4) is 11.5 Å². The molecule has 1 aliphatic heterocycles. The lowest BCUT2D eigenvalue weighted by molar-refractivity contribution is -0.118. The van der Waals surface area contributed by atoms with Crippen molar-refractivity contribution in [1.82, 2.24) is 10.2 Å². The first-order chi connectivity index (χ1) is 13.0. The Balaban J connectivity index is 1.74. The molecule has 1 aliphatic rings. The van der Waals surface area contributed by atoms with Crippen LogP contribution in [-0.4, -0.2) is 45.2 Å². The molecule has 1 amide bonds. The predicted octanol–water partition coefficient (Wildman–Crippen LogP) is 3.54. The van der Waals surface area contributed by atoms with E-state index in [1.54, 1.807) is 19.2 Å². The lowest BCUT2D eigenvalue weighted by Crippen LogP contribution is -2.36. The molecule has 0 aliphatic carbocycles. The Morgan fingerprint density at radius 1 is 1.30 bits per heavy atom. The molecule has 1 unspecified atom stereocenters. The maximum Gasteiger partial charge on any atom is 0.250 e. The highest BCUT2D eigenvalue weighted by Crippen LogP contribution is 2.30. The molecule has 0 aromatic heterocycles. The van der Waals surface area contributed by atoms with Crippen molar-refractivity contribution >= 4 is 23.6 Å². The monoisotopic (exact) mass is 386 g/mol. The van der Waals surface area contributed by atoms with Crippen LogP contribution in [0.4, 0.5) is 0 Å². The number of carbonyl (C=O) groups excluding carboxylic acids is 1. The Morgan fingerprint density at radius 2 is 2.07 bits per heavy atom. The molecule has 0 fully saturated rings. The van der Waals surface area contributed by atoms with Gasteiger partial charge in [0, 0.05) is 22.7 Å². The Kier molecular flexibility index (Phi) is 6.04. The predicted molar refractivity (Wildman–Crippen MR) is 107 cm³/mol. The number of amides is 1. The molecule has 0 saturated heterocycles. The number of methoxy groups -OCH3 is 1. The first-order valence-electron chi connectivity index (χ1n) is 8.70. The van der Waals surface area contributed by atoms with E-state index in [1.165, 1.54) is 0 Å². The van der Waals surface area contributed by atoms with Crippen molar-refractivity contribution in [3.05, 3.63) is 64.2 Å². The topological polar surface area (TPSA) is 50.8 Å². The lowest BCUT2D eigenvalue weighted by atomic mass is 10.0. The number of halogens is 1. The summed E-state index contributed by atoms with van der Waals surface area (Å²) in [5, 5.41) is 3.62. The minimum Gasteiger partial charge on any atom is -0.496 e. The second-order valence-electron chi connectivity index (χ2n) is 6.57. The van der Waals surface area contributed by atoms with Crippen molar-refractivity contribution in [3.63, 3.8) is 0 Å². The molecule has 2 aromatic rings. The number of ether oxygens (including phenoxy) is 2. The molecule has 0 radical (unpaired) electrons. The molecule has 0 spiro atoms. The van der Waals surface area contributed by atoms with Gasteiger partial charge in [-0.3, -0.25) is 4.79 Å². The summed E-state index contributed by atoms with van der Waals surface area (Å²) in [4.78, 5) is 14.7. The molecule has 1 heterocycles. The molecule has 27 heavy (non-hydrogen) atoms. The van der Waals surface area contributed by atoms with E-state index in [0.29, 0.717) is 17.1 Å². The van der Waals surface area contributed by atoms with Crippen LogP contribution in [0.2, 0.25) is 5.02 Å². The van der Waals surface area contributed by atoms with E-state index in [2.05, 4.69) is 10.2 Å². The fraction of sp³-hybridized carbons (Fsp3) is 0.286. The Labute approximate surface area is 164 Å². The van der Waals surface area contributed by atoms with E-state index >= 15 is 0 Å². The van der Waals surface area contributed by atoms with E-state index in [-0.39, 0.29) is 18.6 Å². The van der Waals surface area contributed by atoms with Crippen molar-refractivity contribution < 1.29 is 14.3 Å². The van der Waals surface area contributed by atoms with Gasteiger partial charge in [0.05, 0.1) is 18.7 Å². The third-order valence-corrected chi connectivity index (χ3v) is 4.79. The molecule has 142 valence electrons. The number of likely N-dealkylation sites (N-methyl/N-ethyl adjacent to an activating group) is 1. The van der Waals surface area contributed by atoms with Gasteiger partial charge in [-0.2, -0.15) is 0 Å². The number of para-hydroxylation sites is 1. The zero-order valence-corrected chi connectivity index (χ0v) is 16.4. The fourth-order valence-electron chi connectivity index (χ4n) is 3.09. The summed E-state index contributed by atoms with van der Waals surface area (Å²) in [6.07, 6.45) is 1.83. The largest absolute Gasteiger partial charge is 0.496 e. The van der Waals surface area contributed by atoms with Gasteiger partial charge in [-0.1, -0.05) is 29.8 Å². The van der Waals surface area contributed by atoms with Crippen molar-refractivity contribution in [2.24, 2.45) is 0 Å². The Morgan fingerprint density at radius 3 is 2.81 bits per heavy atom. The van der Waals surface area contributed by atoms with Gasteiger partial charge < -0.3 is 19.7 Å². The third-order valence-electron chi connectivity index (χ3n) is 4.55. The van der Waals surface area contributed by atoms with Crippen LogP contribution in [0.15, 0.2) is 48.0 Å². The van der Waals surface area contributed by atoms with Gasteiger partial charge in [-0.15, -0.1) is 0 Å². The number of nitrogens with zero attached hydrogens (tertiary/aromatic N) is 1. The molecule has 0 bridgehead atoms. The summed E-state index contributed by atoms with van der Waals surface area (Å²) in [7, 11) is 5.60. The third kappa shape index (κ3) is 4.43. The second-order valence-corrected chi connectivity index (χ2v) is 7.01. The number of benzene rings is 2. The van der Waals surface area contributed by atoms with Crippen LogP contribution >= 0.6 is 11.6 Å². The smallest absolute Gasteiger partial charge is 0.250 e. The fourth-order valence-corrected chi connectivity index (χ4v) is 3.28. The van der Waals surface area contributed by atoms with Gasteiger partial charge in [0.25, 0.3) is 5.91 Å². The summed E-state index contributed by atoms with van der Waals surface area (Å²) in [5.41, 5.74) is 2.41. The Hall–Kier alpha value is -2.50. The van der Waals surface area contributed by atoms with E-state index < -0.39 is 0 Å². The first-order valence-corrected chi connectivity index (χ1v) is 9.08. The standard InChI is InChI=1S/C21H23ClN2O3/c1-24(2)18(17-6-4-5-7-20(17)26-3)12-23-21(25)15-10-14-11-16(22)8-9-19(14)27-13-15/h4-11,18H,12-13H2,1-3H3,(H,23,25). The number of hydrogen-bond donors (Lipinski definition) is 1. The maximum atomic E-state index is 12.7. The van der Waals surface area contributed by atoms with Crippen molar-refractivity contribution in [2.45, 2.75) is 6.04 Å². The summed E-state index contributed by atoms with van der Waals surface area (Å²) < 4.78 is 11.1. The molecule has 2 aromatic carbocycles. The molecule has 1 atom stereocenters. The summed E-state index contributed by atoms with van der Waals surface area (Å²) in [5.74, 6) is 1.38. The molecule has 5 nitrogen and oxygen atoms in total. The van der Waals surface area contributed by atoms with Gasteiger partial charge in [-0.05, 0) is 44.4 Å².